The standard InChI is InChI=1S/C20H19N3O5/c1-12-14(7-5-9-18(12)23(26)27)19(24)22-17(20(25)28-2)10-13-11-21-16-8-4-3-6-15(13)16/h3-9,11,17,21H,10H2,1-2H3,(H,22,24). The summed E-state index contributed by atoms with van der Waals surface area (Å²) in [6.45, 7) is 1.50. The van der Waals surface area contributed by atoms with E-state index < -0.39 is 22.8 Å². The Balaban J connectivity index is 1.87. The summed E-state index contributed by atoms with van der Waals surface area (Å²) < 4.78 is 4.83. The molecule has 144 valence electrons. The number of aromatic nitrogens is 1. The van der Waals surface area contributed by atoms with E-state index in [0.29, 0.717) is 0 Å². The Morgan fingerprint density at radius 2 is 1.96 bits per heavy atom. The number of hydrogen-bond donors (Lipinski definition) is 2. The zero-order valence-electron chi connectivity index (χ0n) is 15.4. The molecule has 0 bridgehead atoms. The normalized spacial score (nSPS) is 11.8. The molecule has 3 aromatic rings. The molecule has 3 rings (SSSR count). The lowest BCUT2D eigenvalue weighted by Gasteiger charge is -2.17. The van der Waals surface area contributed by atoms with E-state index >= 15 is 0 Å². The molecule has 1 unspecified atom stereocenters. The second-order valence-corrected chi connectivity index (χ2v) is 6.32. The van der Waals surface area contributed by atoms with Gasteiger partial charge in [-0.3, -0.25) is 14.9 Å². The van der Waals surface area contributed by atoms with E-state index in [-0.39, 0.29) is 23.2 Å². The van der Waals surface area contributed by atoms with Crippen molar-refractivity contribution in [3.05, 3.63) is 75.5 Å². The van der Waals surface area contributed by atoms with Gasteiger partial charge in [0.2, 0.25) is 0 Å². The Morgan fingerprint density at radius 1 is 1.21 bits per heavy atom. The Morgan fingerprint density at radius 3 is 2.68 bits per heavy atom. The van der Waals surface area contributed by atoms with Gasteiger partial charge >= 0.3 is 5.97 Å². The van der Waals surface area contributed by atoms with E-state index in [4.69, 9.17) is 4.74 Å². The fourth-order valence-electron chi connectivity index (χ4n) is 3.16. The minimum Gasteiger partial charge on any atom is -0.467 e. The molecule has 28 heavy (non-hydrogen) atoms. The summed E-state index contributed by atoms with van der Waals surface area (Å²) in [6.07, 6.45) is 2.00. The lowest BCUT2D eigenvalue weighted by molar-refractivity contribution is -0.385. The fraction of sp³-hybridized carbons (Fsp3) is 0.200. The van der Waals surface area contributed by atoms with Crippen LogP contribution < -0.4 is 5.32 Å². The molecular weight excluding hydrogens is 362 g/mol. The second kappa shape index (κ2) is 7.91. The van der Waals surface area contributed by atoms with Crippen LogP contribution in [0, 0.1) is 17.0 Å². The number of benzene rings is 2. The molecule has 8 heteroatoms. The van der Waals surface area contributed by atoms with Gasteiger partial charge in [-0.2, -0.15) is 0 Å². The molecule has 1 heterocycles. The predicted molar refractivity (Wildman–Crippen MR) is 103 cm³/mol. The van der Waals surface area contributed by atoms with Crippen LogP contribution >= 0.6 is 0 Å². The minimum atomic E-state index is -0.935. The molecular formula is C20H19N3O5. The van der Waals surface area contributed by atoms with Crippen molar-refractivity contribution in [3.8, 4) is 0 Å². The lowest BCUT2D eigenvalue weighted by Crippen LogP contribution is -2.43. The van der Waals surface area contributed by atoms with E-state index in [1.807, 2.05) is 24.3 Å². The molecule has 0 saturated carbocycles. The number of esters is 1. The number of para-hydroxylation sites is 1. The fourth-order valence-corrected chi connectivity index (χ4v) is 3.16. The molecule has 1 aromatic heterocycles. The highest BCUT2D eigenvalue weighted by atomic mass is 16.6. The Labute approximate surface area is 160 Å². The molecule has 0 aliphatic carbocycles. The number of nitro benzene ring substituents is 1. The zero-order chi connectivity index (χ0) is 20.3. The average molecular weight is 381 g/mol. The summed E-state index contributed by atoms with van der Waals surface area (Å²) in [4.78, 5) is 38.6. The molecule has 0 fully saturated rings. The SMILES string of the molecule is COC(=O)C(Cc1c[nH]c2ccccc12)NC(=O)c1cccc([N+](=O)[O-])c1C. The van der Waals surface area contributed by atoms with Crippen molar-refractivity contribution < 1.29 is 19.2 Å². The quantitative estimate of drug-likeness (QED) is 0.387. The summed E-state index contributed by atoms with van der Waals surface area (Å²) >= 11 is 0. The molecule has 8 nitrogen and oxygen atoms in total. The van der Waals surface area contributed by atoms with Gasteiger partial charge in [0.25, 0.3) is 11.6 Å². The van der Waals surface area contributed by atoms with E-state index in [1.54, 1.807) is 6.20 Å². The van der Waals surface area contributed by atoms with Crippen molar-refractivity contribution in [3.63, 3.8) is 0 Å². The third-order valence-electron chi connectivity index (χ3n) is 4.64. The number of nitro groups is 1. The summed E-state index contributed by atoms with van der Waals surface area (Å²) in [5.74, 6) is -1.17. The highest BCUT2D eigenvalue weighted by molar-refractivity contribution is 5.99. The van der Waals surface area contributed by atoms with Crippen LogP contribution in [0.25, 0.3) is 10.9 Å². The highest BCUT2D eigenvalue weighted by Crippen LogP contribution is 2.22. The maximum absolute atomic E-state index is 12.7. The topological polar surface area (TPSA) is 114 Å². The Kier molecular flexibility index (Phi) is 5.39. The van der Waals surface area contributed by atoms with Gasteiger partial charge in [0, 0.05) is 40.7 Å². The molecule has 1 atom stereocenters. The molecule has 0 aliphatic rings. The predicted octanol–water partition coefficient (Wildman–Crippen LogP) is 2.90. The summed E-state index contributed by atoms with van der Waals surface area (Å²) in [5.41, 5.74) is 1.99. The number of hydrogen-bond acceptors (Lipinski definition) is 5. The Hall–Kier alpha value is -3.68. The van der Waals surface area contributed by atoms with Crippen LogP contribution in [0.1, 0.15) is 21.5 Å². The monoisotopic (exact) mass is 381 g/mol. The molecule has 0 saturated heterocycles. The van der Waals surface area contributed by atoms with Crippen molar-refractivity contribution in [2.45, 2.75) is 19.4 Å². The summed E-state index contributed by atoms with van der Waals surface area (Å²) in [6, 6.07) is 10.9. The molecule has 0 spiro atoms. The van der Waals surface area contributed by atoms with Crippen molar-refractivity contribution in [2.24, 2.45) is 0 Å². The third-order valence-corrected chi connectivity index (χ3v) is 4.64. The van der Waals surface area contributed by atoms with Gasteiger partial charge in [-0.15, -0.1) is 0 Å². The van der Waals surface area contributed by atoms with Crippen LogP contribution in [0.15, 0.2) is 48.7 Å². The van der Waals surface area contributed by atoms with Crippen molar-refractivity contribution >= 4 is 28.5 Å². The van der Waals surface area contributed by atoms with Gasteiger partial charge in [-0.05, 0) is 24.6 Å². The van der Waals surface area contributed by atoms with Crippen molar-refractivity contribution in [1.82, 2.24) is 10.3 Å². The van der Waals surface area contributed by atoms with Gasteiger partial charge in [-0.25, -0.2) is 4.79 Å². The largest absolute Gasteiger partial charge is 0.467 e. The molecule has 0 aliphatic heterocycles. The summed E-state index contributed by atoms with van der Waals surface area (Å²) in [7, 11) is 1.25. The van der Waals surface area contributed by atoms with Crippen LogP contribution in [0.5, 0.6) is 0 Å². The number of carbonyl (C=O) groups excluding carboxylic acids is 2. The first kappa shape index (κ1) is 19.1. The maximum atomic E-state index is 12.7. The van der Waals surface area contributed by atoms with Crippen molar-refractivity contribution in [2.75, 3.05) is 7.11 Å². The molecule has 1 amide bonds. The van der Waals surface area contributed by atoms with Crippen LogP contribution in [0.4, 0.5) is 5.69 Å². The number of fused-ring (bicyclic) bond motifs is 1. The smallest absolute Gasteiger partial charge is 0.328 e. The zero-order valence-corrected chi connectivity index (χ0v) is 15.4. The van der Waals surface area contributed by atoms with Gasteiger partial charge in [0.05, 0.1) is 12.0 Å². The van der Waals surface area contributed by atoms with Gasteiger partial charge in [0.1, 0.15) is 6.04 Å². The molecule has 0 radical (unpaired) electrons. The first-order valence-corrected chi connectivity index (χ1v) is 8.60. The van der Waals surface area contributed by atoms with Crippen LogP contribution in [-0.2, 0) is 16.0 Å². The summed E-state index contributed by atoms with van der Waals surface area (Å²) in [5, 5.41) is 14.7. The van der Waals surface area contributed by atoms with E-state index in [1.165, 1.54) is 32.2 Å². The number of aromatic amines is 1. The number of methoxy groups -OCH3 is 1. The van der Waals surface area contributed by atoms with Gasteiger partial charge < -0.3 is 15.0 Å². The number of rotatable bonds is 6. The number of nitrogens with one attached hydrogen (secondary N) is 2. The number of H-pyrrole nitrogens is 1. The number of nitrogens with zero attached hydrogens (tertiary/aromatic N) is 1. The van der Waals surface area contributed by atoms with Crippen LogP contribution in [-0.4, -0.2) is 34.9 Å². The molecule has 2 aromatic carbocycles. The van der Waals surface area contributed by atoms with Gasteiger partial charge in [0.15, 0.2) is 0 Å². The second-order valence-electron chi connectivity index (χ2n) is 6.32. The maximum Gasteiger partial charge on any atom is 0.328 e. The van der Waals surface area contributed by atoms with E-state index in [9.17, 15) is 19.7 Å². The first-order valence-electron chi connectivity index (χ1n) is 8.60. The number of ether oxygens (including phenoxy) is 1. The lowest BCUT2D eigenvalue weighted by atomic mass is 10.0. The van der Waals surface area contributed by atoms with Gasteiger partial charge in [-0.1, -0.05) is 24.3 Å². The van der Waals surface area contributed by atoms with Crippen molar-refractivity contribution in [1.29, 1.82) is 0 Å². The number of carbonyl (C=O) groups is 2. The van der Waals surface area contributed by atoms with Crippen LogP contribution in [0.3, 0.4) is 0 Å². The first-order chi connectivity index (χ1) is 13.4. The average Bonchev–Trinajstić information content (AvgIpc) is 3.09. The number of amides is 1. The highest BCUT2D eigenvalue weighted by Gasteiger charge is 2.26. The molecule has 2 N–H and O–H groups in total. The van der Waals surface area contributed by atoms with E-state index in [2.05, 4.69) is 10.3 Å². The minimum absolute atomic E-state index is 0.141. The van der Waals surface area contributed by atoms with E-state index in [0.717, 1.165) is 16.5 Å². The van der Waals surface area contributed by atoms with Crippen LogP contribution in [0.2, 0.25) is 0 Å². The third kappa shape index (κ3) is 3.71. The Bertz CT molecular complexity index is 1060.